The fourth-order valence-electron chi connectivity index (χ4n) is 3.72. The quantitative estimate of drug-likeness (QED) is 0.143. The Morgan fingerprint density at radius 2 is 1.86 bits per heavy atom. The molecule has 1 aromatic rings. The molecule has 0 spiro atoms. The van der Waals surface area contributed by atoms with Gasteiger partial charge in [-0.25, -0.2) is 9.78 Å². The van der Waals surface area contributed by atoms with Crippen molar-refractivity contribution >= 4 is 35.5 Å². The van der Waals surface area contributed by atoms with E-state index in [4.69, 9.17) is 17.2 Å². The van der Waals surface area contributed by atoms with E-state index in [0.29, 0.717) is 12.1 Å². The smallest absolute Gasteiger partial charge is 0.326 e. The molecule has 0 bridgehead atoms. The first-order valence-corrected chi connectivity index (χ1v) is 10.9. The van der Waals surface area contributed by atoms with E-state index in [1.54, 1.807) is 0 Å². The number of carbonyl (C=O) groups is 6. The highest BCUT2D eigenvalue weighted by atomic mass is 16.4. The number of nitrogens with one attached hydrogen (secondary N) is 3. The van der Waals surface area contributed by atoms with Crippen LogP contribution in [0.2, 0.25) is 0 Å². The van der Waals surface area contributed by atoms with Crippen molar-refractivity contribution in [3.8, 4) is 0 Å². The lowest BCUT2D eigenvalue weighted by atomic mass is 10.1. The molecule has 0 radical (unpaired) electrons. The number of nitrogens with zero attached hydrogens (tertiary/aromatic N) is 2. The molecule has 192 valence electrons. The fourth-order valence-corrected chi connectivity index (χ4v) is 3.72. The van der Waals surface area contributed by atoms with Crippen LogP contribution in [-0.2, 0) is 35.2 Å². The first-order valence-electron chi connectivity index (χ1n) is 10.9. The molecular formula is C20H30N8O7. The number of imidazole rings is 1. The van der Waals surface area contributed by atoms with Gasteiger partial charge >= 0.3 is 5.97 Å². The SMILES string of the molecule is NC(=O)CCC(NC(=O)C1CCCN1C(=O)C(Cc1cnc[nH]1)NC(=O)C(N)CC(N)=O)C(=O)O. The molecule has 0 aliphatic carbocycles. The summed E-state index contributed by atoms with van der Waals surface area (Å²) in [4.78, 5) is 80.2. The number of amides is 5. The van der Waals surface area contributed by atoms with E-state index in [2.05, 4.69) is 20.6 Å². The van der Waals surface area contributed by atoms with Gasteiger partial charge in [0.15, 0.2) is 0 Å². The molecule has 4 atom stereocenters. The third-order valence-electron chi connectivity index (χ3n) is 5.48. The summed E-state index contributed by atoms with van der Waals surface area (Å²) in [6, 6.07) is -4.78. The summed E-state index contributed by atoms with van der Waals surface area (Å²) in [5.41, 5.74) is 16.4. The van der Waals surface area contributed by atoms with Gasteiger partial charge in [-0.3, -0.25) is 24.0 Å². The van der Waals surface area contributed by atoms with Crippen molar-refractivity contribution in [1.82, 2.24) is 25.5 Å². The molecular weight excluding hydrogens is 464 g/mol. The molecule has 1 aliphatic heterocycles. The molecule has 1 aromatic heterocycles. The number of carbonyl (C=O) groups excluding carboxylic acids is 5. The highest BCUT2D eigenvalue weighted by Gasteiger charge is 2.39. The number of H-pyrrole nitrogens is 1. The van der Waals surface area contributed by atoms with Crippen LogP contribution >= 0.6 is 0 Å². The van der Waals surface area contributed by atoms with Crippen LogP contribution < -0.4 is 27.8 Å². The Kier molecular flexibility index (Phi) is 9.69. The van der Waals surface area contributed by atoms with Gasteiger partial charge in [0, 0.05) is 31.3 Å². The lowest BCUT2D eigenvalue weighted by Crippen LogP contribution is -2.57. The number of carboxylic acids is 1. The van der Waals surface area contributed by atoms with Gasteiger partial charge in [0.25, 0.3) is 0 Å². The van der Waals surface area contributed by atoms with Gasteiger partial charge in [-0.05, 0) is 19.3 Å². The van der Waals surface area contributed by atoms with Gasteiger partial charge in [-0.1, -0.05) is 0 Å². The summed E-state index contributed by atoms with van der Waals surface area (Å²) in [5, 5.41) is 14.2. The molecule has 2 rings (SSSR count). The van der Waals surface area contributed by atoms with Crippen LogP contribution in [0, 0.1) is 0 Å². The van der Waals surface area contributed by atoms with E-state index in [1.807, 2.05) is 0 Å². The van der Waals surface area contributed by atoms with E-state index < -0.39 is 66.1 Å². The van der Waals surface area contributed by atoms with Gasteiger partial charge in [0.2, 0.25) is 29.5 Å². The number of rotatable bonds is 13. The number of hydrogen-bond donors (Lipinski definition) is 7. The number of carboxylic acid groups (broad SMARTS) is 1. The third kappa shape index (κ3) is 8.06. The minimum atomic E-state index is -1.36. The molecule has 1 aliphatic rings. The molecule has 35 heavy (non-hydrogen) atoms. The second kappa shape index (κ2) is 12.5. The van der Waals surface area contributed by atoms with Gasteiger partial charge < -0.3 is 42.8 Å². The Labute approximate surface area is 200 Å². The Morgan fingerprint density at radius 3 is 2.43 bits per heavy atom. The zero-order chi connectivity index (χ0) is 26.1. The highest BCUT2D eigenvalue weighted by Crippen LogP contribution is 2.20. The summed E-state index contributed by atoms with van der Waals surface area (Å²) in [6.45, 7) is 0.193. The van der Waals surface area contributed by atoms with E-state index in [1.165, 1.54) is 17.4 Å². The average Bonchev–Trinajstić information content (AvgIpc) is 3.46. The van der Waals surface area contributed by atoms with Gasteiger partial charge in [-0.2, -0.15) is 0 Å². The third-order valence-corrected chi connectivity index (χ3v) is 5.48. The number of aromatic nitrogens is 2. The van der Waals surface area contributed by atoms with Crippen molar-refractivity contribution in [2.24, 2.45) is 17.2 Å². The average molecular weight is 495 g/mol. The molecule has 4 unspecified atom stereocenters. The highest BCUT2D eigenvalue weighted by molar-refractivity contribution is 5.95. The molecule has 10 N–H and O–H groups in total. The molecule has 2 heterocycles. The van der Waals surface area contributed by atoms with Crippen molar-refractivity contribution in [2.45, 2.75) is 62.7 Å². The van der Waals surface area contributed by atoms with Gasteiger partial charge in [-0.15, -0.1) is 0 Å². The van der Waals surface area contributed by atoms with Crippen LogP contribution in [0.3, 0.4) is 0 Å². The normalized spacial score (nSPS) is 17.7. The Hall–Kier alpha value is -4.01. The van der Waals surface area contributed by atoms with Crippen molar-refractivity contribution in [2.75, 3.05) is 6.54 Å². The minimum absolute atomic E-state index is 0.00489. The molecule has 1 saturated heterocycles. The second-order valence-corrected chi connectivity index (χ2v) is 8.21. The Balaban J connectivity index is 2.16. The number of hydrogen-bond acceptors (Lipinski definition) is 8. The fraction of sp³-hybridized carbons (Fsp3) is 0.550. The number of likely N-dealkylation sites (tertiary alicyclic amines) is 1. The van der Waals surface area contributed by atoms with Gasteiger partial charge in [0.1, 0.15) is 18.1 Å². The summed E-state index contributed by atoms with van der Waals surface area (Å²) < 4.78 is 0. The van der Waals surface area contributed by atoms with Crippen LogP contribution in [0.15, 0.2) is 12.5 Å². The first kappa shape index (κ1) is 27.2. The molecule has 15 heteroatoms. The predicted octanol–water partition coefficient (Wildman–Crippen LogP) is -3.53. The van der Waals surface area contributed by atoms with Crippen molar-refractivity contribution in [3.63, 3.8) is 0 Å². The number of aliphatic carboxylic acids is 1. The second-order valence-electron chi connectivity index (χ2n) is 8.21. The molecule has 1 fully saturated rings. The zero-order valence-electron chi connectivity index (χ0n) is 18.9. The maximum atomic E-state index is 13.4. The van der Waals surface area contributed by atoms with E-state index in [9.17, 15) is 33.9 Å². The summed E-state index contributed by atoms with van der Waals surface area (Å²) in [6.07, 6.45) is 2.71. The lowest BCUT2D eigenvalue weighted by molar-refractivity contribution is -0.145. The van der Waals surface area contributed by atoms with Crippen LogP contribution in [0.5, 0.6) is 0 Å². The van der Waals surface area contributed by atoms with Crippen LogP contribution in [0.25, 0.3) is 0 Å². The zero-order valence-corrected chi connectivity index (χ0v) is 18.9. The summed E-state index contributed by atoms with van der Waals surface area (Å²) >= 11 is 0. The Morgan fingerprint density at radius 1 is 1.14 bits per heavy atom. The predicted molar refractivity (Wildman–Crippen MR) is 119 cm³/mol. The van der Waals surface area contributed by atoms with Crippen LogP contribution in [-0.4, -0.2) is 86.2 Å². The van der Waals surface area contributed by atoms with Gasteiger partial charge in [0.05, 0.1) is 18.8 Å². The first-order chi connectivity index (χ1) is 16.5. The number of nitrogens with two attached hydrogens (primary N) is 3. The largest absolute Gasteiger partial charge is 0.480 e. The van der Waals surface area contributed by atoms with Crippen molar-refractivity contribution < 1.29 is 33.9 Å². The molecule has 0 saturated carbocycles. The number of primary amides is 2. The minimum Gasteiger partial charge on any atom is -0.480 e. The monoisotopic (exact) mass is 494 g/mol. The van der Waals surface area contributed by atoms with Crippen molar-refractivity contribution in [3.05, 3.63) is 18.2 Å². The van der Waals surface area contributed by atoms with E-state index in [-0.39, 0.29) is 32.2 Å². The number of aromatic amines is 1. The molecule has 0 aromatic carbocycles. The van der Waals surface area contributed by atoms with E-state index in [0.717, 1.165) is 0 Å². The summed E-state index contributed by atoms with van der Waals surface area (Å²) in [5.74, 6) is -4.92. The topological polar surface area (TPSA) is 257 Å². The van der Waals surface area contributed by atoms with E-state index >= 15 is 0 Å². The summed E-state index contributed by atoms with van der Waals surface area (Å²) in [7, 11) is 0. The molecule has 15 nitrogen and oxygen atoms in total. The van der Waals surface area contributed by atoms with Crippen LogP contribution in [0.4, 0.5) is 0 Å². The Bertz CT molecular complexity index is 951. The maximum absolute atomic E-state index is 13.4. The standard InChI is InChI=1S/C20H30N8O7/c21-11(7-16(23)30)17(31)27-13(6-10-8-24-9-25-10)19(33)28-5-1-2-14(28)18(32)26-12(20(34)35)3-4-15(22)29/h8-9,11-14H,1-7,21H2,(H2,22,29)(H2,23,30)(H,24,25)(H,26,32)(H,27,31)(H,34,35). The molecule has 5 amide bonds. The lowest BCUT2D eigenvalue weighted by Gasteiger charge is -2.29. The van der Waals surface area contributed by atoms with Crippen LogP contribution in [0.1, 0.15) is 37.8 Å². The maximum Gasteiger partial charge on any atom is 0.326 e. The van der Waals surface area contributed by atoms with Crippen molar-refractivity contribution in [1.29, 1.82) is 0 Å².